The molecular formula is H8FeN2O12S3. The largest absolute Gasteiger partial charge is 2.00 e. The van der Waals surface area contributed by atoms with Crippen molar-refractivity contribution in [2.75, 3.05) is 0 Å². The van der Waals surface area contributed by atoms with Crippen LogP contribution in [0.25, 0.3) is 0 Å². The molecule has 18 heavy (non-hydrogen) atoms. The number of hydrogen-bond acceptors (Lipinski definition) is 12. The minimum absolute atomic E-state index is 0. The van der Waals surface area contributed by atoms with Crippen LogP contribution < -0.4 is 12.3 Å². The molecule has 0 unspecified atom stereocenters. The zero-order chi connectivity index (χ0) is 12.9. The molecule has 0 aliphatic rings. The van der Waals surface area contributed by atoms with Crippen molar-refractivity contribution in [2.24, 2.45) is 0 Å². The van der Waals surface area contributed by atoms with Crippen molar-refractivity contribution in [3.63, 3.8) is 0 Å². The second-order valence-corrected chi connectivity index (χ2v) is 4.08. The van der Waals surface area contributed by atoms with Gasteiger partial charge >= 0.3 is 17.1 Å². The molecule has 0 bridgehead atoms. The van der Waals surface area contributed by atoms with Crippen LogP contribution in [-0.4, -0.2) is 43.5 Å². The van der Waals surface area contributed by atoms with Crippen molar-refractivity contribution < 1.29 is 69.2 Å². The smallest absolute Gasteiger partial charge is 0.759 e. The number of quaternary nitrogens is 2. The van der Waals surface area contributed by atoms with Gasteiger partial charge in [0, 0.05) is 10.4 Å². The number of rotatable bonds is 3. The second kappa shape index (κ2) is 10.9. The molecule has 0 aliphatic heterocycles. The third-order valence-corrected chi connectivity index (χ3v) is 0.750. The van der Waals surface area contributed by atoms with E-state index in [-0.39, 0.29) is 29.4 Å². The van der Waals surface area contributed by atoms with Crippen molar-refractivity contribution in [3.05, 3.63) is 0 Å². The van der Waals surface area contributed by atoms with E-state index in [9.17, 15) is 25.9 Å². The van der Waals surface area contributed by atoms with Crippen molar-refractivity contribution >= 4 is 31.2 Å². The molecule has 0 saturated carbocycles. The van der Waals surface area contributed by atoms with Gasteiger partial charge in [0.2, 0.25) is 20.8 Å². The first-order valence-corrected chi connectivity index (χ1v) is 6.17. The topological polar surface area (TPSA) is 286 Å². The molecule has 8 N–H and O–H groups in total. The first kappa shape index (κ1) is 30.8. The summed E-state index contributed by atoms with van der Waals surface area (Å²) in [5.41, 5.74) is 0. The van der Waals surface area contributed by atoms with Crippen LogP contribution in [0.1, 0.15) is 0 Å². The van der Waals surface area contributed by atoms with Gasteiger partial charge in [-0.15, -0.1) is 8.67 Å². The van der Waals surface area contributed by atoms with Gasteiger partial charge in [-0.05, 0) is 0 Å². The summed E-state index contributed by atoms with van der Waals surface area (Å²) in [6, 6.07) is 0. The maximum atomic E-state index is 9.37. The Kier molecular flexibility index (Phi) is 18.7. The van der Waals surface area contributed by atoms with E-state index in [1.807, 2.05) is 0 Å². The Labute approximate surface area is 113 Å². The van der Waals surface area contributed by atoms with Gasteiger partial charge in [-0.1, -0.05) is 0 Å². The van der Waals surface area contributed by atoms with Crippen molar-refractivity contribution in [3.8, 4) is 0 Å². The second-order valence-electron chi connectivity index (χ2n) is 1.36. The number of hydrogen-bond donors (Lipinski definition) is 2. The maximum Gasteiger partial charge on any atom is 2.00 e. The van der Waals surface area contributed by atoms with Gasteiger partial charge in [-0.2, -0.15) is 0 Å². The van der Waals surface area contributed by atoms with Gasteiger partial charge in [-0.3, -0.25) is 8.42 Å². The summed E-state index contributed by atoms with van der Waals surface area (Å²) in [6.45, 7) is 0. The predicted molar refractivity (Wildman–Crippen MR) is 44.0 cm³/mol. The van der Waals surface area contributed by atoms with Crippen molar-refractivity contribution in [1.29, 1.82) is 0 Å². The monoisotopic (exact) mass is 380 g/mol. The third kappa shape index (κ3) is 73.1. The average molecular weight is 380 g/mol. The fraction of sp³-hybridized carbons (Fsp3) is 0. The molecule has 14 nitrogen and oxygen atoms in total. The van der Waals surface area contributed by atoms with Gasteiger partial charge in [-0.25, -0.2) is 16.8 Å². The fourth-order valence-corrected chi connectivity index (χ4v) is 0.612. The minimum Gasteiger partial charge on any atom is -0.759 e. The van der Waals surface area contributed by atoms with Gasteiger partial charge in [0.25, 0.3) is 0 Å². The van der Waals surface area contributed by atoms with E-state index in [0.29, 0.717) is 0 Å². The van der Waals surface area contributed by atoms with Crippen LogP contribution >= 0.6 is 0 Å². The summed E-state index contributed by atoms with van der Waals surface area (Å²) in [7, 11) is -15.8. The van der Waals surface area contributed by atoms with Crippen LogP contribution in [0.3, 0.4) is 0 Å². The van der Waals surface area contributed by atoms with E-state index in [4.69, 9.17) is 17.5 Å². The standard InChI is InChI=1S/Fe.2H3N.H2O8S2.H2O4S/c;;;1-9(2,3)7-8-10(4,5)6;1-5(2,3)4/h;2*1H3;(H,1,2,3)(H,4,5,6);(H2,1,2,3,4)/q+2;;;;/p-2. The van der Waals surface area contributed by atoms with Gasteiger partial charge in [0.15, 0.2) is 0 Å². The van der Waals surface area contributed by atoms with E-state index >= 15 is 0 Å². The minimum atomic E-state index is -5.31. The summed E-state index contributed by atoms with van der Waals surface area (Å²) in [5.74, 6) is 0. The third-order valence-electron chi connectivity index (χ3n) is 0.194. The van der Waals surface area contributed by atoms with E-state index in [2.05, 4.69) is 8.67 Å². The van der Waals surface area contributed by atoms with Crippen LogP contribution in [0.2, 0.25) is 0 Å². The molecule has 0 aromatic heterocycles. The van der Waals surface area contributed by atoms with Crippen LogP contribution in [0.15, 0.2) is 0 Å². The zero-order valence-electron chi connectivity index (χ0n) is 8.48. The van der Waals surface area contributed by atoms with E-state index < -0.39 is 31.2 Å². The molecular weight excluding hydrogens is 372 g/mol. The molecule has 18 heteroatoms. The molecule has 0 spiro atoms. The summed E-state index contributed by atoms with van der Waals surface area (Å²) in [6.07, 6.45) is 0. The van der Waals surface area contributed by atoms with Crippen LogP contribution in [0, 0.1) is 0 Å². The quantitative estimate of drug-likeness (QED) is 0.166. The molecule has 0 saturated heterocycles. The Bertz CT molecular complexity index is 429. The van der Waals surface area contributed by atoms with Crippen LogP contribution in [0.5, 0.6) is 0 Å². The maximum absolute atomic E-state index is 9.37. The zero-order valence-corrected chi connectivity index (χ0v) is 12.0. The molecule has 0 aliphatic carbocycles. The van der Waals surface area contributed by atoms with Gasteiger partial charge in [0.1, 0.15) is 0 Å². The molecule has 0 fully saturated rings. The molecule has 0 aromatic carbocycles. The first-order chi connectivity index (χ1) is 6.21. The first-order valence-electron chi connectivity index (χ1n) is 2.17. The van der Waals surface area contributed by atoms with Crippen molar-refractivity contribution in [1.82, 2.24) is 12.3 Å². The fourth-order valence-electron chi connectivity index (χ4n) is 0.0680. The van der Waals surface area contributed by atoms with E-state index in [1.54, 1.807) is 0 Å². The van der Waals surface area contributed by atoms with E-state index in [0.717, 1.165) is 0 Å². The summed E-state index contributed by atoms with van der Waals surface area (Å²) < 4.78 is 95.5. The molecule has 0 heterocycles. The van der Waals surface area contributed by atoms with Crippen LogP contribution in [-0.2, 0) is 56.9 Å². The summed E-state index contributed by atoms with van der Waals surface area (Å²) in [5, 5.41) is 0. The predicted octanol–water partition coefficient (Wildman–Crippen LogP) is -2.73. The summed E-state index contributed by atoms with van der Waals surface area (Å²) in [4.78, 5) is 0. The van der Waals surface area contributed by atoms with Gasteiger partial charge < -0.3 is 30.5 Å². The molecule has 0 rings (SSSR count). The van der Waals surface area contributed by atoms with Gasteiger partial charge in [0.05, 0.1) is 0 Å². The Balaban J connectivity index is -0.0000000621. The molecule has 0 radical (unpaired) electrons. The molecule has 0 atom stereocenters. The van der Waals surface area contributed by atoms with E-state index in [1.165, 1.54) is 0 Å². The Morgan fingerprint density at radius 2 is 0.722 bits per heavy atom. The normalized spacial score (nSPS) is 10.7. The Morgan fingerprint density at radius 3 is 0.778 bits per heavy atom. The Hall–Kier alpha value is 0.0495. The molecule has 0 aromatic rings. The average Bonchev–Trinajstić information content (AvgIpc) is 1.76. The molecule has 116 valence electrons. The Morgan fingerprint density at radius 1 is 0.611 bits per heavy atom. The summed E-state index contributed by atoms with van der Waals surface area (Å²) >= 11 is 0. The van der Waals surface area contributed by atoms with Crippen molar-refractivity contribution in [2.45, 2.75) is 0 Å². The van der Waals surface area contributed by atoms with Crippen LogP contribution in [0.4, 0.5) is 0 Å². The molecule has 0 amide bonds. The SMILES string of the molecule is O=S(=O)([O-])OOS(=O)(=O)[O-].O=S(=O)([O-])[O-].[Fe+2].[NH4+].[NH4+].